The fourth-order valence-corrected chi connectivity index (χ4v) is 3.81. The van der Waals surface area contributed by atoms with E-state index in [0.717, 1.165) is 21.7 Å². The Morgan fingerprint density at radius 2 is 1.43 bits per heavy atom. The van der Waals surface area contributed by atoms with Crippen LogP contribution in [0.3, 0.4) is 0 Å². The van der Waals surface area contributed by atoms with Crippen molar-refractivity contribution in [2.45, 2.75) is 6.92 Å². The number of hydrogen-bond acceptors (Lipinski definition) is 5. The van der Waals surface area contributed by atoms with Crippen LogP contribution in [0.2, 0.25) is 0 Å². The first-order valence-electron chi connectivity index (χ1n) is 9.43. The highest BCUT2D eigenvalue weighted by Gasteiger charge is 2.23. The van der Waals surface area contributed by atoms with Crippen LogP contribution in [0.15, 0.2) is 66.7 Å². The molecule has 150 valence electrons. The number of methoxy groups -OCH3 is 2. The van der Waals surface area contributed by atoms with Gasteiger partial charge in [0.15, 0.2) is 0 Å². The minimum absolute atomic E-state index is 0.279. The van der Waals surface area contributed by atoms with Crippen LogP contribution < -0.4 is 9.47 Å². The molecule has 5 nitrogen and oxygen atoms in total. The zero-order valence-electron chi connectivity index (χ0n) is 16.9. The van der Waals surface area contributed by atoms with Gasteiger partial charge >= 0.3 is 11.9 Å². The van der Waals surface area contributed by atoms with Crippen molar-refractivity contribution in [3.8, 4) is 22.6 Å². The Kier molecular flexibility index (Phi) is 5.11. The summed E-state index contributed by atoms with van der Waals surface area (Å²) in [6.45, 7) is 1.33. The van der Waals surface area contributed by atoms with Crippen LogP contribution in [0.5, 0.6) is 11.5 Å². The molecule has 0 atom stereocenters. The molecule has 4 aromatic rings. The molecule has 0 N–H and O–H groups in total. The normalized spacial score (nSPS) is 10.8. The second-order valence-corrected chi connectivity index (χ2v) is 6.80. The highest BCUT2D eigenvalue weighted by Crippen LogP contribution is 2.44. The summed E-state index contributed by atoms with van der Waals surface area (Å²) >= 11 is 0. The standard InChI is InChI=1S/C25H20O5/c1-15(26)30-22-14-20(25(27)29-3)23(16-9-5-4-6-10-16)24-18-12-8-7-11-17(18)21(28-2)13-19(22)24/h4-14H,1-3H3. The predicted octanol–water partition coefficient (Wildman–Crippen LogP) is 5.38. The molecule has 0 saturated heterocycles. The van der Waals surface area contributed by atoms with Crippen molar-refractivity contribution in [2.75, 3.05) is 14.2 Å². The second kappa shape index (κ2) is 7.87. The van der Waals surface area contributed by atoms with E-state index < -0.39 is 11.9 Å². The molecule has 0 heterocycles. The van der Waals surface area contributed by atoms with Gasteiger partial charge in [-0.2, -0.15) is 0 Å². The maximum Gasteiger partial charge on any atom is 0.338 e. The maximum absolute atomic E-state index is 12.8. The fraction of sp³-hybridized carbons (Fsp3) is 0.120. The Morgan fingerprint density at radius 1 is 0.767 bits per heavy atom. The number of ether oxygens (including phenoxy) is 3. The number of carbonyl (C=O) groups is 2. The lowest BCUT2D eigenvalue weighted by Crippen LogP contribution is -2.08. The molecule has 0 aliphatic heterocycles. The van der Waals surface area contributed by atoms with Crippen LogP contribution in [-0.4, -0.2) is 26.2 Å². The van der Waals surface area contributed by atoms with Crippen molar-refractivity contribution in [3.05, 3.63) is 72.3 Å². The molecule has 0 aromatic heterocycles. The van der Waals surface area contributed by atoms with E-state index in [4.69, 9.17) is 14.2 Å². The van der Waals surface area contributed by atoms with Gasteiger partial charge in [0.2, 0.25) is 0 Å². The Bertz CT molecular complexity index is 1280. The van der Waals surface area contributed by atoms with Crippen molar-refractivity contribution in [1.82, 2.24) is 0 Å². The summed E-state index contributed by atoms with van der Waals surface area (Å²) in [5.41, 5.74) is 1.89. The summed E-state index contributed by atoms with van der Waals surface area (Å²) in [5.74, 6) is -0.0614. The molecule has 0 saturated carbocycles. The minimum atomic E-state index is -0.510. The lowest BCUT2D eigenvalue weighted by Gasteiger charge is -2.19. The van der Waals surface area contributed by atoms with E-state index in [1.807, 2.05) is 60.7 Å². The van der Waals surface area contributed by atoms with Gasteiger partial charge in [-0.3, -0.25) is 4.79 Å². The molecule has 0 bridgehead atoms. The number of hydrogen-bond donors (Lipinski definition) is 0. The fourth-order valence-electron chi connectivity index (χ4n) is 3.81. The number of rotatable bonds is 4. The second-order valence-electron chi connectivity index (χ2n) is 6.80. The van der Waals surface area contributed by atoms with Gasteiger partial charge in [0, 0.05) is 28.6 Å². The minimum Gasteiger partial charge on any atom is -0.496 e. The SMILES string of the molecule is COC(=O)c1cc(OC(C)=O)c2cc(OC)c3ccccc3c2c1-c1ccccc1. The first-order chi connectivity index (χ1) is 14.5. The summed E-state index contributed by atoms with van der Waals surface area (Å²) in [6.07, 6.45) is 0. The van der Waals surface area contributed by atoms with E-state index in [1.165, 1.54) is 14.0 Å². The van der Waals surface area contributed by atoms with Gasteiger partial charge in [0.25, 0.3) is 0 Å². The van der Waals surface area contributed by atoms with Gasteiger partial charge in [-0.25, -0.2) is 4.79 Å². The first-order valence-corrected chi connectivity index (χ1v) is 9.43. The van der Waals surface area contributed by atoms with Crippen LogP contribution >= 0.6 is 0 Å². The molecule has 0 unspecified atom stereocenters. The lowest BCUT2D eigenvalue weighted by molar-refractivity contribution is -0.131. The van der Waals surface area contributed by atoms with Crippen molar-refractivity contribution in [1.29, 1.82) is 0 Å². The molecule has 4 aromatic carbocycles. The molecule has 4 rings (SSSR count). The highest BCUT2D eigenvalue weighted by atomic mass is 16.5. The average molecular weight is 400 g/mol. The van der Waals surface area contributed by atoms with Crippen molar-refractivity contribution in [2.24, 2.45) is 0 Å². The summed E-state index contributed by atoms with van der Waals surface area (Å²) in [4.78, 5) is 24.6. The van der Waals surface area contributed by atoms with Crippen LogP contribution in [0.4, 0.5) is 0 Å². The highest BCUT2D eigenvalue weighted by molar-refractivity contribution is 6.21. The quantitative estimate of drug-likeness (QED) is 0.261. The van der Waals surface area contributed by atoms with E-state index in [2.05, 4.69) is 0 Å². The molecule has 0 fully saturated rings. The molecular weight excluding hydrogens is 380 g/mol. The van der Waals surface area contributed by atoms with Crippen LogP contribution in [0.25, 0.3) is 32.7 Å². The Hall–Kier alpha value is -3.86. The molecule has 0 aliphatic rings. The van der Waals surface area contributed by atoms with Gasteiger partial charge < -0.3 is 14.2 Å². The first kappa shape index (κ1) is 19.5. The van der Waals surface area contributed by atoms with Crippen LogP contribution in [-0.2, 0) is 9.53 Å². The summed E-state index contributed by atoms with van der Waals surface area (Å²) in [6, 6.07) is 20.8. The lowest BCUT2D eigenvalue weighted by atomic mass is 9.89. The predicted molar refractivity (Wildman–Crippen MR) is 116 cm³/mol. The van der Waals surface area contributed by atoms with Gasteiger partial charge in [0.05, 0.1) is 19.8 Å². The third-order valence-electron chi connectivity index (χ3n) is 5.01. The Morgan fingerprint density at radius 3 is 2.07 bits per heavy atom. The van der Waals surface area contributed by atoms with Gasteiger partial charge in [-0.15, -0.1) is 0 Å². The maximum atomic E-state index is 12.8. The van der Waals surface area contributed by atoms with Gasteiger partial charge in [-0.05, 0) is 23.1 Å². The van der Waals surface area contributed by atoms with E-state index in [1.54, 1.807) is 13.2 Å². The van der Waals surface area contributed by atoms with Crippen molar-refractivity contribution in [3.63, 3.8) is 0 Å². The van der Waals surface area contributed by atoms with E-state index in [0.29, 0.717) is 22.3 Å². The number of esters is 2. The molecule has 0 aliphatic carbocycles. The molecule has 0 radical (unpaired) electrons. The van der Waals surface area contributed by atoms with Gasteiger partial charge in [-0.1, -0.05) is 54.6 Å². The smallest absolute Gasteiger partial charge is 0.338 e. The molecule has 5 heteroatoms. The molecule has 0 spiro atoms. The summed E-state index contributed by atoms with van der Waals surface area (Å²) in [5, 5.41) is 3.23. The zero-order chi connectivity index (χ0) is 21.3. The van der Waals surface area contributed by atoms with Crippen LogP contribution in [0.1, 0.15) is 17.3 Å². The summed E-state index contributed by atoms with van der Waals surface area (Å²) in [7, 11) is 2.93. The third-order valence-corrected chi connectivity index (χ3v) is 5.01. The summed E-state index contributed by atoms with van der Waals surface area (Å²) < 4.78 is 16.2. The molecule has 0 amide bonds. The van der Waals surface area contributed by atoms with Crippen molar-refractivity contribution < 1.29 is 23.8 Å². The third kappa shape index (κ3) is 3.24. The Balaban J connectivity index is 2.28. The van der Waals surface area contributed by atoms with E-state index in [-0.39, 0.29) is 5.75 Å². The van der Waals surface area contributed by atoms with E-state index >= 15 is 0 Å². The topological polar surface area (TPSA) is 61.8 Å². The van der Waals surface area contributed by atoms with Crippen LogP contribution in [0, 0.1) is 0 Å². The number of carbonyl (C=O) groups excluding carboxylic acids is 2. The monoisotopic (exact) mass is 400 g/mol. The van der Waals surface area contributed by atoms with Crippen molar-refractivity contribution >= 4 is 33.5 Å². The Labute approximate surface area is 173 Å². The zero-order valence-corrected chi connectivity index (χ0v) is 16.9. The number of fused-ring (bicyclic) bond motifs is 3. The van der Waals surface area contributed by atoms with Gasteiger partial charge in [0.1, 0.15) is 11.5 Å². The molecular formula is C25H20O5. The average Bonchev–Trinajstić information content (AvgIpc) is 2.77. The molecule has 30 heavy (non-hydrogen) atoms. The largest absolute Gasteiger partial charge is 0.496 e. The number of benzene rings is 4. The van der Waals surface area contributed by atoms with E-state index in [9.17, 15) is 9.59 Å².